The topological polar surface area (TPSA) is 53.1 Å². The SMILES string of the molecule is CCCOc1ccc(C2=C(N3CCN(CC)CC3)C(=O)N(c3ccc(C)cc3C)C2=O)cc1. The van der Waals surface area contributed by atoms with Crippen LogP contribution in [0.3, 0.4) is 0 Å². The fourth-order valence-electron chi connectivity index (χ4n) is 4.57. The summed E-state index contributed by atoms with van der Waals surface area (Å²) in [6.45, 7) is 13.0. The first-order valence-electron chi connectivity index (χ1n) is 11.9. The molecule has 2 aromatic carbocycles. The molecule has 0 unspecified atom stereocenters. The first-order chi connectivity index (χ1) is 15.9. The Morgan fingerprint density at radius 2 is 1.58 bits per heavy atom. The van der Waals surface area contributed by atoms with E-state index >= 15 is 0 Å². The Morgan fingerprint density at radius 1 is 0.879 bits per heavy atom. The number of aryl methyl sites for hydroxylation is 2. The Bertz CT molecular complexity index is 1070. The van der Waals surface area contributed by atoms with Crippen LogP contribution in [-0.4, -0.2) is 60.9 Å². The smallest absolute Gasteiger partial charge is 0.282 e. The number of anilines is 1. The van der Waals surface area contributed by atoms with E-state index in [2.05, 4.69) is 23.6 Å². The lowest BCUT2D eigenvalue weighted by Crippen LogP contribution is -2.47. The Hall–Kier alpha value is -3.12. The number of ether oxygens (including phenoxy) is 1. The molecule has 174 valence electrons. The van der Waals surface area contributed by atoms with E-state index in [9.17, 15) is 9.59 Å². The van der Waals surface area contributed by atoms with Crippen molar-refractivity contribution in [1.82, 2.24) is 9.80 Å². The minimum atomic E-state index is -0.262. The Labute approximate surface area is 196 Å². The highest BCUT2D eigenvalue weighted by Gasteiger charge is 2.43. The van der Waals surface area contributed by atoms with Crippen molar-refractivity contribution >= 4 is 23.1 Å². The third-order valence-electron chi connectivity index (χ3n) is 6.40. The van der Waals surface area contributed by atoms with Crippen molar-refractivity contribution in [2.75, 3.05) is 44.2 Å². The molecule has 0 radical (unpaired) electrons. The summed E-state index contributed by atoms with van der Waals surface area (Å²) in [5.74, 6) is 0.266. The molecule has 1 saturated heterocycles. The third-order valence-corrected chi connectivity index (χ3v) is 6.40. The number of hydrogen-bond donors (Lipinski definition) is 0. The zero-order valence-electron chi connectivity index (χ0n) is 20.1. The molecule has 0 atom stereocenters. The average Bonchev–Trinajstić information content (AvgIpc) is 3.08. The molecule has 2 amide bonds. The van der Waals surface area contributed by atoms with Crippen LogP contribution in [0.15, 0.2) is 48.2 Å². The number of amides is 2. The second-order valence-electron chi connectivity index (χ2n) is 8.75. The van der Waals surface area contributed by atoms with E-state index in [0.717, 1.165) is 61.6 Å². The number of piperazine rings is 1. The summed E-state index contributed by atoms with van der Waals surface area (Å²) in [6, 6.07) is 13.4. The van der Waals surface area contributed by atoms with Gasteiger partial charge in [-0.05, 0) is 56.1 Å². The van der Waals surface area contributed by atoms with Gasteiger partial charge in [-0.2, -0.15) is 0 Å². The van der Waals surface area contributed by atoms with Crippen LogP contribution in [0.2, 0.25) is 0 Å². The van der Waals surface area contributed by atoms with Crippen LogP contribution in [0.25, 0.3) is 5.57 Å². The van der Waals surface area contributed by atoms with Crippen molar-refractivity contribution in [2.24, 2.45) is 0 Å². The van der Waals surface area contributed by atoms with Gasteiger partial charge in [-0.15, -0.1) is 0 Å². The van der Waals surface area contributed by atoms with Crippen LogP contribution in [0.4, 0.5) is 5.69 Å². The van der Waals surface area contributed by atoms with Crippen LogP contribution in [0.1, 0.15) is 37.0 Å². The fraction of sp³-hybridized carbons (Fsp3) is 0.407. The van der Waals surface area contributed by atoms with E-state index in [1.54, 1.807) is 0 Å². The zero-order chi connectivity index (χ0) is 23.5. The number of rotatable bonds is 7. The van der Waals surface area contributed by atoms with Gasteiger partial charge in [0.05, 0.1) is 17.9 Å². The van der Waals surface area contributed by atoms with Gasteiger partial charge in [0.2, 0.25) is 0 Å². The van der Waals surface area contributed by atoms with E-state index in [1.165, 1.54) is 4.90 Å². The Balaban J connectivity index is 1.74. The number of benzene rings is 2. The van der Waals surface area contributed by atoms with Gasteiger partial charge in [0.15, 0.2) is 0 Å². The largest absolute Gasteiger partial charge is 0.494 e. The summed E-state index contributed by atoms with van der Waals surface area (Å²) < 4.78 is 5.71. The molecule has 4 rings (SSSR count). The third kappa shape index (κ3) is 4.53. The van der Waals surface area contributed by atoms with Crippen LogP contribution >= 0.6 is 0 Å². The molecule has 2 aliphatic heterocycles. The van der Waals surface area contributed by atoms with Crippen molar-refractivity contribution in [3.63, 3.8) is 0 Å². The van der Waals surface area contributed by atoms with E-state index < -0.39 is 0 Å². The predicted molar refractivity (Wildman–Crippen MR) is 131 cm³/mol. The molecule has 2 aromatic rings. The molecule has 6 nitrogen and oxygen atoms in total. The van der Waals surface area contributed by atoms with Gasteiger partial charge in [-0.3, -0.25) is 9.59 Å². The standard InChI is InChI=1S/C27H33N3O3/c1-5-17-33-22-10-8-21(9-11-22)24-25(29-15-13-28(6-2)14-16-29)27(32)30(26(24)31)23-12-7-19(3)18-20(23)4/h7-12,18H,5-6,13-17H2,1-4H3. The lowest BCUT2D eigenvalue weighted by atomic mass is 10.0. The van der Waals surface area contributed by atoms with Gasteiger partial charge in [0.1, 0.15) is 11.4 Å². The Morgan fingerprint density at radius 3 is 2.18 bits per heavy atom. The molecule has 0 aliphatic carbocycles. The number of imide groups is 1. The first-order valence-corrected chi connectivity index (χ1v) is 11.9. The average molecular weight is 448 g/mol. The number of hydrogen-bond acceptors (Lipinski definition) is 5. The molecule has 0 spiro atoms. The highest BCUT2D eigenvalue weighted by molar-refractivity contribution is 6.45. The molecule has 0 bridgehead atoms. The molecular weight excluding hydrogens is 414 g/mol. The summed E-state index contributed by atoms with van der Waals surface area (Å²) in [5, 5.41) is 0. The maximum atomic E-state index is 13.8. The van der Waals surface area contributed by atoms with Crippen molar-refractivity contribution in [1.29, 1.82) is 0 Å². The van der Waals surface area contributed by atoms with E-state index in [1.807, 2.05) is 56.3 Å². The molecule has 2 aliphatic rings. The van der Waals surface area contributed by atoms with Crippen LogP contribution in [0.5, 0.6) is 5.75 Å². The summed E-state index contributed by atoms with van der Waals surface area (Å²) in [5.41, 5.74) is 4.40. The summed E-state index contributed by atoms with van der Waals surface area (Å²) in [6.07, 6.45) is 0.929. The van der Waals surface area contributed by atoms with E-state index in [4.69, 9.17) is 4.74 Å². The molecular formula is C27H33N3O3. The predicted octanol–water partition coefficient (Wildman–Crippen LogP) is 4.01. The van der Waals surface area contributed by atoms with Crippen molar-refractivity contribution < 1.29 is 14.3 Å². The van der Waals surface area contributed by atoms with Gasteiger partial charge in [0, 0.05) is 26.2 Å². The highest BCUT2D eigenvalue weighted by atomic mass is 16.5. The number of likely N-dealkylation sites (N-methyl/N-ethyl adjacent to an activating group) is 1. The van der Waals surface area contributed by atoms with E-state index in [-0.39, 0.29) is 11.8 Å². The fourth-order valence-corrected chi connectivity index (χ4v) is 4.57. The highest BCUT2D eigenvalue weighted by Crippen LogP contribution is 2.37. The van der Waals surface area contributed by atoms with Gasteiger partial charge in [-0.25, -0.2) is 4.90 Å². The zero-order valence-corrected chi connectivity index (χ0v) is 20.1. The Kier molecular flexibility index (Phi) is 6.84. The summed E-state index contributed by atoms with van der Waals surface area (Å²) >= 11 is 0. The molecule has 33 heavy (non-hydrogen) atoms. The van der Waals surface area contributed by atoms with Gasteiger partial charge in [0.25, 0.3) is 11.8 Å². The van der Waals surface area contributed by atoms with Gasteiger partial charge >= 0.3 is 0 Å². The maximum Gasteiger partial charge on any atom is 0.282 e. The number of carbonyl (C=O) groups is 2. The lowest BCUT2D eigenvalue weighted by Gasteiger charge is -2.36. The van der Waals surface area contributed by atoms with Gasteiger partial charge in [-0.1, -0.05) is 43.7 Å². The van der Waals surface area contributed by atoms with Crippen LogP contribution in [0, 0.1) is 13.8 Å². The normalized spacial score (nSPS) is 17.3. The van der Waals surface area contributed by atoms with Crippen molar-refractivity contribution in [3.8, 4) is 5.75 Å². The first kappa shape index (κ1) is 23.1. The molecule has 0 aromatic heterocycles. The van der Waals surface area contributed by atoms with Gasteiger partial charge < -0.3 is 14.5 Å². The minimum Gasteiger partial charge on any atom is -0.494 e. The lowest BCUT2D eigenvalue weighted by molar-refractivity contribution is -0.120. The molecule has 0 saturated carbocycles. The second-order valence-corrected chi connectivity index (χ2v) is 8.75. The van der Waals surface area contributed by atoms with Crippen molar-refractivity contribution in [2.45, 2.75) is 34.1 Å². The summed E-state index contributed by atoms with van der Waals surface area (Å²) in [7, 11) is 0. The molecule has 1 fully saturated rings. The number of carbonyl (C=O) groups excluding carboxylic acids is 2. The number of nitrogens with zero attached hydrogens (tertiary/aromatic N) is 3. The molecule has 6 heteroatoms. The van der Waals surface area contributed by atoms with Crippen LogP contribution < -0.4 is 9.64 Å². The molecule has 2 heterocycles. The van der Waals surface area contributed by atoms with Crippen molar-refractivity contribution in [3.05, 3.63) is 64.9 Å². The van der Waals surface area contributed by atoms with Crippen LogP contribution in [-0.2, 0) is 9.59 Å². The maximum absolute atomic E-state index is 13.8. The van der Waals surface area contributed by atoms with E-state index in [0.29, 0.717) is 23.6 Å². The minimum absolute atomic E-state index is 0.238. The quantitative estimate of drug-likeness (QED) is 0.600. The second kappa shape index (κ2) is 9.79. The monoisotopic (exact) mass is 447 g/mol. The summed E-state index contributed by atoms with van der Waals surface area (Å²) in [4.78, 5) is 33.3. The molecule has 0 N–H and O–H groups in total.